The molecule has 1 saturated heterocycles. The van der Waals surface area contributed by atoms with E-state index in [1.165, 1.54) is 24.8 Å². The molecular formula is C18H21Cl2NO. The lowest BCUT2D eigenvalue weighted by Gasteiger charge is -2.33. The molecule has 0 spiro atoms. The Morgan fingerprint density at radius 1 is 1.05 bits per heavy atom. The highest BCUT2D eigenvalue weighted by atomic mass is 35.5. The van der Waals surface area contributed by atoms with E-state index in [-0.39, 0.29) is 0 Å². The van der Waals surface area contributed by atoms with Gasteiger partial charge in [0.15, 0.2) is 0 Å². The highest BCUT2D eigenvalue weighted by Gasteiger charge is 2.44. The van der Waals surface area contributed by atoms with Gasteiger partial charge in [0.2, 0.25) is 5.91 Å². The molecule has 1 amide bonds. The Labute approximate surface area is 141 Å². The van der Waals surface area contributed by atoms with Crippen LogP contribution in [0.5, 0.6) is 0 Å². The second-order valence-corrected chi connectivity index (χ2v) is 7.97. The van der Waals surface area contributed by atoms with Crippen molar-refractivity contribution >= 4 is 29.1 Å². The molecule has 0 bridgehead atoms. The number of likely N-dealkylation sites (tertiary alicyclic amines) is 1. The number of amides is 1. The van der Waals surface area contributed by atoms with Gasteiger partial charge in [0.05, 0.1) is 10.0 Å². The van der Waals surface area contributed by atoms with Gasteiger partial charge >= 0.3 is 0 Å². The molecule has 4 heteroatoms. The third-order valence-corrected chi connectivity index (χ3v) is 6.45. The molecule has 1 aromatic rings. The zero-order valence-electron chi connectivity index (χ0n) is 12.6. The summed E-state index contributed by atoms with van der Waals surface area (Å²) in [5.74, 6) is 2.51. The first-order chi connectivity index (χ1) is 10.6. The molecule has 118 valence electrons. The van der Waals surface area contributed by atoms with E-state index in [1.807, 2.05) is 12.1 Å². The second-order valence-electron chi connectivity index (χ2n) is 7.15. The second kappa shape index (κ2) is 5.72. The first-order valence-electron chi connectivity index (χ1n) is 8.37. The van der Waals surface area contributed by atoms with Gasteiger partial charge in [0.25, 0.3) is 0 Å². The minimum Gasteiger partial charge on any atom is -0.342 e. The van der Waals surface area contributed by atoms with Crippen molar-refractivity contribution in [1.29, 1.82) is 0 Å². The number of fused-ring (bicyclic) bond motifs is 1. The molecule has 1 heterocycles. The Morgan fingerprint density at radius 2 is 1.86 bits per heavy atom. The summed E-state index contributed by atoms with van der Waals surface area (Å²) in [5, 5.41) is 1.26. The van der Waals surface area contributed by atoms with Crippen LogP contribution in [-0.4, -0.2) is 23.9 Å². The number of carbonyl (C=O) groups excluding carboxylic acids is 1. The van der Waals surface area contributed by atoms with E-state index in [9.17, 15) is 4.79 Å². The minimum atomic E-state index is 0.337. The van der Waals surface area contributed by atoms with Gasteiger partial charge in [0, 0.05) is 19.0 Å². The van der Waals surface area contributed by atoms with Crippen LogP contribution in [0.3, 0.4) is 0 Å². The molecule has 0 N–H and O–H groups in total. The predicted octanol–water partition coefficient (Wildman–Crippen LogP) is 4.75. The molecule has 0 unspecified atom stereocenters. The van der Waals surface area contributed by atoms with Gasteiger partial charge in [-0.05, 0) is 61.1 Å². The standard InChI is InChI=1S/C18H21Cl2NO/c19-16-7-6-12(8-17(16)20)14-3-1-2-13-9-21(10-15(13)14)18(22)11-4-5-11/h6-8,11,13-15H,1-5,9-10H2/t13-,14+,15+/m0/s1. The van der Waals surface area contributed by atoms with Crippen molar-refractivity contribution in [2.45, 2.75) is 38.0 Å². The summed E-state index contributed by atoms with van der Waals surface area (Å²) in [6, 6.07) is 6.06. The quantitative estimate of drug-likeness (QED) is 0.762. The fraction of sp³-hybridized carbons (Fsp3) is 0.611. The summed E-state index contributed by atoms with van der Waals surface area (Å²) < 4.78 is 0. The van der Waals surface area contributed by atoms with Crippen LogP contribution in [0.15, 0.2) is 18.2 Å². The largest absolute Gasteiger partial charge is 0.342 e. The van der Waals surface area contributed by atoms with E-state index in [0.717, 1.165) is 25.9 Å². The summed E-state index contributed by atoms with van der Waals surface area (Å²) in [6.45, 7) is 1.91. The van der Waals surface area contributed by atoms with Crippen LogP contribution in [0.2, 0.25) is 10.0 Å². The maximum absolute atomic E-state index is 12.4. The normalized spacial score (nSPS) is 31.2. The molecule has 0 radical (unpaired) electrons. The molecule has 2 aliphatic carbocycles. The van der Waals surface area contributed by atoms with E-state index in [0.29, 0.717) is 39.6 Å². The molecule has 0 aromatic heterocycles. The van der Waals surface area contributed by atoms with Crippen molar-refractivity contribution in [3.8, 4) is 0 Å². The van der Waals surface area contributed by atoms with E-state index >= 15 is 0 Å². The summed E-state index contributed by atoms with van der Waals surface area (Å²) >= 11 is 12.3. The molecule has 3 aliphatic rings. The first kappa shape index (κ1) is 14.8. The van der Waals surface area contributed by atoms with E-state index < -0.39 is 0 Å². The average Bonchev–Trinajstić information content (AvgIpc) is 3.27. The predicted molar refractivity (Wildman–Crippen MR) is 89.3 cm³/mol. The summed E-state index contributed by atoms with van der Waals surface area (Å²) in [6.07, 6.45) is 5.90. The van der Waals surface area contributed by atoms with Crippen LogP contribution in [0.1, 0.15) is 43.6 Å². The number of carbonyl (C=O) groups is 1. The van der Waals surface area contributed by atoms with Gasteiger partial charge in [-0.2, -0.15) is 0 Å². The number of hydrogen-bond acceptors (Lipinski definition) is 1. The van der Waals surface area contributed by atoms with E-state index in [4.69, 9.17) is 23.2 Å². The smallest absolute Gasteiger partial charge is 0.225 e. The van der Waals surface area contributed by atoms with Crippen LogP contribution in [0.4, 0.5) is 0 Å². The summed E-state index contributed by atoms with van der Waals surface area (Å²) in [5.41, 5.74) is 1.30. The topological polar surface area (TPSA) is 20.3 Å². The molecule has 3 fully saturated rings. The molecule has 2 nitrogen and oxygen atoms in total. The lowest BCUT2D eigenvalue weighted by molar-refractivity contribution is -0.131. The maximum atomic E-state index is 12.4. The average molecular weight is 338 g/mol. The van der Waals surface area contributed by atoms with Crippen molar-refractivity contribution in [1.82, 2.24) is 4.90 Å². The van der Waals surface area contributed by atoms with Crippen molar-refractivity contribution in [2.24, 2.45) is 17.8 Å². The number of rotatable bonds is 2. The number of hydrogen-bond donors (Lipinski definition) is 0. The minimum absolute atomic E-state index is 0.337. The molecule has 2 saturated carbocycles. The molecular weight excluding hydrogens is 317 g/mol. The fourth-order valence-electron chi connectivity index (χ4n) is 4.40. The Hall–Kier alpha value is -0.730. The van der Waals surface area contributed by atoms with Crippen molar-refractivity contribution in [2.75, 3.05) is 13.1 Å². The third kappa shape index (κ3) is 2.65. The van der Waals surface area contributed by atoms with Crippen LogP contribution in [-0.2, 0) is 4.79 Å². The maximum Gasteiger partial charge on any atom is 0.225 e. The van der Waals surface area contributed by atoms with Crippen LogP contribution in [0, 0.1) is 17.8 Å². The van der Waals surface area contributed by atoms with Crippen molar-refractivity contribution in [3.63, 3.8) is 0 Å². The molecule has 4 rings (SSSR count). The van der Waals surface area contributed by atoms with Crippen LogP contribution >= 0.6 is 23.2 Å². The Morgan fingerprint density at radius 3 is 2.59 bits per heavy atom. The van der Waals surface area contributed by atoms with Crippen LogP contribution in [0.25, 0.3) is 0 Å². The third-order valence-electron chi connectivity index (χ3n) is 5.71. The highest BCUT2D eigenvalue weighted by Crippen LogP contribution is 2.47. The van der Waals surface area contributed by atoms with Gasteiger partial charge in [0.1, 0.15) is 0 Å². The number of halogens is 2. The fourth-order valence-corrected chi connectivity index (χ4v) is 4.70. The molecule has 1 aliphatic heterocycles. The first-order valence-corrected chi connectivity index (χ1v) is 9.13. The molecule has 3 atom stereocenters. The Bertz CT molecular complexity index is 599. The van der Waals surface area contributed by atoms with Gasteiger partial charge in [-0.3, -0.25) is 4.79 Å². The SMILES string of the molecule is O=C(C1CC1)N1C[C@@H]2CCC[C@H](c3ccc(Cl)c(Cl)c3)[C@@H]2C1. The lowest BCUT2D eigenvalue weighted by Crippen LogP contribution is -2.30. The Kier molecular flexibility index (Phi) is 3.86. The summed E-state index contributed by atoms with van der Waals surface area (Å²) in [4.78, 5) is 14.5. The number of nitrogens with zero attached hydrogens (tertiary/aromatic N) is 1. The molecule has 1 aromatic carbocycles. The van der Waals surface area contributed by atoms with Crippen molar-refractivity contribution < 1.29 is 4.79 Å². The lowest BCUT2D eigenvalue weighted by atomic mass is 9.71. The highest BCUT2D eigenvalue weighted by molar-refractivity contribution is 6.42. The zero-order chi connectivity index (χ0) is 15.3. The van der Waals surface area contributed by atoms with Gasteiger partial charge in [-0.15, -0.1) is 0 Å². The Balaban J connectivity index is 1.55. The van der Waals surface area contributed by atoms with E-state index in [2.05, 4.69) is 11.0 Å². The monoisotopic (exact) mass is 337 g/mol. The van der Waals surface area contributed by atoms with E-state index in [1.54, 1.807) is 0 Å². The number of benzene rings is 1. The van der Waals surface area contributed by atoms with Gasteiger partial charge in [-0.1, -0.05) is 35.7 Å². The van der Waals surface area contributed by atoms with Crippen molar-refractivity contribution in [3.05, 3.63) is 33.8 Å². The van der Waals surface area contributed by atoms with Crippen LogP contribution < -0.4 is 0 Å². The van der Waals surface area contributed by atoms with Gasteiger partial charge in [-0.25, -0.2) is 0 Å². The molecule has 22 heavy (non-hydrogen) atoms. The summed E-state index contributed by atoms with van der Waals surface area (Å²) in [7, 11) is 0. The van der Waals surface area contributed by atoms with Gasteiger partial charge < -0.3 is 4.90 Å². The zero-order valence-corrected chi connectivity index (χ0v) is 14.1.